The number of hydrogen-bond acceptors (Lipinski definition) is 5. The van der Waals surface area contributed by atoms with Crippen molar-refractivity contribution in [1.82, 2.24) is 0 Å². The van der Waals surface area contributed by atoms with Crippen LogP contribution in [0.15, 0.2) is 54.6 Å². The van der Waals surface area contributed by atoms with Gasteiger partial charge in [0.25, 0.3) is 5.91 Å². The Kier molecular flexibility index (Phi) is 5.81. The Morgan fingerprint density at radius 1 is 1.04 bits per heavy atom. The molecule has 1 atom stereocenters. The summed E-state index contributed by atoms with van der Waals surface area (Å²) in [6.07, 6.45) is -1.44. The lowest BCUT2D eigenvalue weighted by Crippen LogP contribution is -2.23. The summed E-state index contributed by atoms with van der Waals surface area (Å²) in [4.78, 5) is 34.7. The fourth-order valence-electron chi connectivity index (χ4n) is 1.97. The van der Waals surface area contributed by atoms with Gasteiger partial charge in [-0.25, -0.2) is 4.79 Å². The SMILES string of the molecule is CC(=O)c1ccc(NC(=O)COC(=O)[C@@H](O)c2ccccc2)cc1. The number of ether oxygens (including phenoxy) is 1. The van der Waals surface area contributed by atoms with Gasteiger partial charge in [-0.3, -0.25) is 9.59 Å². The number of amides is 1. The van der Waals surface area contributed by atoms with Gasteiger partial charge in [0.1, 0.15) is 0 Å². The van der Waals surface area contributed by atoms with Gasteiger partial charge in [0, 0.05) is 11.3 Å². The Hall–Kier alpha value is -2.99. The van der Waals surface area contributed by atoms with Gasteiger partial charge in [0.05, 0.1) is 0 Å². The summed E-state index contributed by atoms with van der Waals surface area (Å²) in [5, 5.41) is 12.4. The zero-order chi connectivity index (χ0) is 17.5. The molecule has 2 N–H and O–H groups in total. The van der Waals surface area contributed by atoms with E-state index in [4.69, 9.17) is 4.74 Å². The molecule has 0 aromatic heterocycles. The molecule has 2 aromatic carbocycles. The fourth-order valence-corrected chi connectivity index (χ4v) is 1.97. The van der Waals surface area contributed by atoms with E-state index >= 15 is 0 Å². The van der Waals surface area contributed by atoms with E-state index in [2.05, 4.69) is 5.32 Å². The van der Waals surface area contributed by atoms with Crippen LogP contribution < -0.4 is 5.32 Å². The predicted octanol–water partition coefficient (Wildman–Crippen LogP) is 2.10. The molecule has 0 aliphatic heterocycles. The zero-order valence-electron chi connectivity index (χ0n) is 13.1. The minimum atomic E-state index is -1.44. The summed E-state index contributed by atoms with van der Waals surface area (Å²) in [7, 11) is 0. The van der Waals surface area contributed by atoms with Gasteiger partial charge >= 0.3 is 5.97 Å². The van der Waals surface area contributed by atoms with Gasteiger partial charge in [-0.2, -0.15) is 0 Å². The molecule has 0 spiro atoms. The zero-order valence-corrected chi connectivity index (χ0v) is 13.1. The number of esters is 1. The number of anilines is 1. The van der Waals surface area contributed by atoms with E-state index in [-0.39, 0.29) is 5.78 Å². The molecule has 0 saturated carbocycles. The molecule has 24 heavy (non-hydrogen) atoms. The minimum Gasteiger partial charge on any atom is -0.453 e. The molecule has 0 aliphatic carbocycles. The number of carbonyl (C=O) groups excluding carboxylic acids is 3. The summed E-state index contributed by atoms with van der Waals surface area (Å²) in [5.74, 6) is -1.51. The number of hydrogen-bond donors (Lipinski definition) is 2. The highest BCUT2D eigenvalue weighted by Crippen LogP contribution is 2.14. The Bertz CT molecular complexity index is 725. The summed E-state index contributed by atoms with van der Waals surface area (Å²) in [6.45, 7) is 0.933. The topological polar surface area (TPSA) is 92.7 Å². The fraction of sp³-hybridized carbons (Fsp3) is 0.167. The third-order valence-corrected chi connectivity index (χ3v) is 3.26. The largest absolute Gasteiger partial charge is 0.453 e. The summed E-state index contributed by atoms with van der Waals surface area (Å²) in [5.41, 5.74) is 1.40. The highest BCUT2D eigenvalue weighted by Gasteiger charge is 2.19. The van der Waals surface area contributed by atoms with E-state index in [9.17, 15) is 19.5 Å². The van der Waals surface area contributed by atoms with E-state index in [1.54, 1.807) is 54.6 Å². The Labute approximate surface area is 139 Å². The molecule has 0 unspecified atom stereocenters. The maximum Gasteiger partial charge on any atom is 0.340 e. The molecule has 124 valence electrons. The van der Waals surface area contributed by atoms with E-state index in [1.165, 1.54) is 6.92 Å². The number of Topliss-reactive ketones (excluding diaryl/α,β-unsaturated/α-hetero) is 1. The molecule has 0 aliphatic rings. The van der Waals surface area contributed by atoms with Crippen LogP contribution in [0.1, 0.15) is 28.9 Å². The molecule has 6 nitrogen and oxygen atoms in total. The quantitative estimate of drug-likeness (QED) is 0.626. The van der Waals surface area contributed by atoms with Gasteiger partial charge in [0.2, 0.25) is 0 Å². The van der Waals surface area contributed by atoms with Gasteiger partial charge < -0.3 is 15.2 Å². The molecule has 2 rings (SSSR count). The number of benzene rings is 2. The Morgan fingerprint density at radius 3 is 2.25 bits per heavy atom. The Balaban J connectivity index is 1.84. The van der Waals surface area contributed by atoms with Crippen LogP contribution in [0, 0.1) is 0 Å². The van der Waals surface area contributed by atoms with Crippen molar-refractivity contribution in [1.29, 1.82) is 0 Å². The standard InChI is InChI=1S/C18H17NO5/c1-12(20)13-7-9-15(10-8-13)19-16(21)11-24-18(23)17(22)14-5-3-2-4-6-14/h2-10,17,22H,11H2,1H3,(H,19,21)/t17-/m0/s1. The summed E-state index contributed by atoms with van der Waals surface area (Å²) in [6, 6.07) is 14.6. The van der Waals surface area contributed by atoms with Crippen molar-refractivity contribution in [3.63, 3.8) is 0 Å². The van der Waals surface area contributed by atoms with E-state index in [0.717, 1.165) is 0 Å². The lowest BCUT2D eigenvalue weighted by atomic mass is 10.1. The number of aliphatic hydroxyl groups excluding tert-OH is 1. The molecule has 0 fully saturated rings. The second-order valence-corrected chi connectivity index (χ2v) is 5.10. The first kappa shape index (κ1) is 17.4. The van der Waals surface area contributed by atoms with Crippen LogP contribution in [0.2, 0.25) is 0 Å². The molecular formula is C18H17NO5. The van der Waals surface area contributed by atoms with Crippen molar-refractivity contribution in [3.05, 3.63) is 65.7 Å². The van der Waals surface area contributed by atoms with Crippen molar-refractivity contribution in [3.8, 4) is 0 Å². The first-order valence-electron chi connectivity index (χ1n) is 7.28. The number of carbonyl (C=O) groups is 3. The van der Waals surface area contributed by atoms with Crippen LogP contribution >= 0.6 is 0 Å². The summed E-state index contributed by atoms with van der Waals surface area (Å²) >= 11 is 0. The maximum absolute atomic E-state index is 11.8. The third kappa shape index (κ3) is 4.76. The lowest BCUT2D eigenvalue weighted by molar-refractivity contribution is -0.156. The normalized spacial score (nSPS) is 11.4. The van der Waals surface area contributed by atoms with Crippen molar-refractivity contribution in [2.45, 2.75) is 13.0 Å². The molecule has 0 heterocycles. The Morgan fingerprint density at radius 2 is 1.67 bits per heavy atom. The smallest absolute Gasteiger partial charge is 0.340 e. The van der Waals surface area contributed by atoms with Gasteiger partial charge in [-0.1, -0.05) is 30.3 Å². The van der Waals surface area contributed by atoms with E-state index < -0.39 is 24.6 Å². The first-order valence-corrected chi connectivity index (χ1v) is 7.28. The second kappa shape index (κ2) is 8.03. The van der Waals surface area contributed by atoms with Crippen molar-refractivity contribution < 1.29 is 24.2 Å². The maximum atomic E-state index is 11.8. The number of nitrogens with one attached hydrogen (secondary N) is 1. The molecule has 0 radical (unpaired) electrons. The molecule has 0 saturated heterocycles. The molecule has 1 amide bonds. The van der Waals surface area contributed by atoms with Crippen molar-refractivity contribution in [2.24, 2.45) is 0 Å². The van der Waals surface area contributed by atoms with E-state index in [0.29, 0.717) is 16.8 Å². The monoisotopic (exact) mass is 327 g/mol. The highest BCUT2D eigenvalue weighted by molar-refractivity contribution is 5.96. The van der Waals surface area contributed by atoms with Crippen LogP contribution in [-0.4, -0.2) is 29.4 Å². The average molecular weight is 327 g/mol. The highest BCUT2D eigenvalue weighted by atomic mass is 16.5. The van der Waals surface area contributed by atoms with Crippen molar-refractivity contribution in [2.75, 3.05) is 11.9 Å². The van der Waals surface area contributed by atoms with Gasteiger partial charge in [0.15, 0.2) is 18.5 Å². The molecule has 2 aromatic rings. The van der Waals surface area contributed by atoms with Gasteiger partial charge in [-0.15, -0.1) is 0 Å². The lowest BCUT2D eigenvalue weighted by Gasteiger charge is -2.11. The van der Waals surface area contributed by atoms with Crippen LogP contribution in [0.5, 0.6) is 0 Å². The van der Waals surface area contributed by atoms with Crippen LogP contribution in [0.4, 0.5) is 5.69 Å². The second-order valence-electron chi connectivity index (χ2n) is 5.10. The first-order chi connectivity index (χ1) is 11.5. The van der Waals surface area contributed by atoms with Crippen molar-refractivity contribution >= 4 is 23.3 Å². The number of aliphatic hydroxyl groups is 1. The van der Waals surface area contributed by atoms with Crippen LogP contribution in [0.3, 0.4) is 0 Å². The predicted molar refractivity (Wildman–Crippen MR) is 87.4 cm³/mol. The van der Waals surface area contributed by atoms with Crippen LogP contribution in [0.25, 0.3) is 0 Å². The molecule has 6 heteroatoms. The average Bonchev–Trinajstić information content (AvgIpc) is 2.60. The molecule has 0 bridgehead atoms. The van der Waals surface area contributed by atoms with Crippen LogP contribution in [-0.2, 0) is 14.3 Å². The summed E-state index contributed by atoms with van der Waals surface area (Å²) < 4.78 is 4.80. The number of ketones is 1. The number of rotatable bonds is 6. The van der Waals surface area contributed by atoms with Gasteiger partial charge in [-0.05, 0) is 36.8 Å². The van der Waals surface area contributed by atoms with E-state index in [1.807, 2.05) is 0 Å². The third-order valence-electron chi connectivity index (χ3n) is 3.26. The minimum absolute atomic E-state index is 0.0725. The molecular weight excluding hydrogens is 310 g/mol.